The maximum atomic E-state index is 4.12. The molecular weight excluding hydrogens is 250 g/mol. The van der Waals surface area contributed by atoms with Crippen LogP contribution in [0.1, 0.15) is 44.1 Å². The van der Waals surface area contributed by atoms with E-state index in [-0.39, 0.29) is 0 Å². The van der Waals surface area contributed by atoms with Crippen molar-refractivity contribution in [2.45, 2.75) is 45.7 Å². The van der Waals surface area contributed by atoms with E-state index >= 15 is 0 Å². The van der Waals surface area contributed by atoms with Gasteiger partial charge >= 0.3 is 0 Å². The first kappa shape index (κ1) is 14.7. The first-order valence-electron chi connectivity index (χ1n) is 7.32. The molecule has 5 nitrogen and oxygen atoms in total. The second-order valence-corrected chi connectivity index (χ2v) is 5.09. The van der Waals surface area contributed by atoms with Gasteiger partial charge in [-0.2, -0.15) is 0 Å². The van der Waals surface area contributed by atoms with Crippen molar-refractivity contribution in [1.82, 2.24) is 25.5 Å². The first-order chi connectivity index (χ1) is 9.81. The summed E-state index contributed by atoms with van der Waals surface area (Å²) < 4.78 is 1.94. The smallest absolute Gasteiger partial charge is 0.165 e. The number of aromatic nitrogens is 4. The standard InChI is InChI=1S/C15H23N5/c1-3-11-16-12-15-17-18-19-20(15)13(2)9-10-14-7-5-4-6-8-14/h4-8,13,16H,3,9-12H2,1-2H3. The number of aryl methyl sites for hydroxylation is 1. The minimum atomic E-state index is 0.309. The zero-order valence-corrected chi connectivity index (χ0v) is 12.3. The molecule has 0 saturated carbocycles. The summed E-state index contributed by atoms with van der Waals surface area (Å²) in [7, 11) is 0. The average molecular weight is 273 g/mol. The molecule has 0 radical (unpaired) electrons. The zero-order chi connectivity index (χ0) is 14.2. The van der Waals surface area contributed by atoms with Crippen LogP contribution in [0.25, 0.3) is 0 Å². The van der Waals surface area contributed by atoms with E-state index in [1.54, 1.807) is 0 Å². The maximum absolute atomic E-state index is 4.12. The van der Waals surface area contributed by atoms with Gasteiger partial charge in [-0.05, 0) is 48.7 Å². The van der Waals surface area contributed by atoms with E-state index in [2.05, 4.69) is 59.0 Å². The molecule has 1 unspecified atom stereocenters. The molecule has 0 bridgehead atoms. The lowest BCUT2D eigenvalue weighted by molar-refractivity contribution is 0.426. The minimum absolute atomic E-state index is 0.309. The molecule has 0 saturated heterocycles. The lowest BCUT2D eigenvalue weighted by atomic mass is 10.1. The minimum Gasteiger partial charge on any atom is -0.310 e. The third kappa shape index (κ3) is 4.13. The Morgan fingerprint density at radius 2 is 2.05 bits per heavy atom. The summed E-state index contributed by atoms with van der Waals surface area (Å²) in [5.74, 6) is 0.916. The number of nitrogens with one attached hydrogen (secondary N) is 1. The van der Waals surface area contributed by atoms with Crippen molar-refractivity contribution in [3.05, 3.63) is 41.7 Å². The van der Waals surface area contributed by atoms with Crippen molar-refractivity contribution < 1.29 is 0 Å². The Morgan fingerprint density at radius 3 is 2.80 bits per heavy atom. The van der Waals surface area contributed by atoms with Crippen molar-refractivity contribution in [3.63, 3.8) is 0 Å². The lowest BCUT2D eigenvalue weighted by Crippen LogP contribution is -2.20. The second kappa shape index (κ2) is 7.75. The van der Waals surface area contributed by atoms with Gasteiger partial charge in [0, 0.05) is 0 Å². The third-order valence-corrected chi connectivity index (χ3v) is 3.38. The van der Waals surface area contributed by atoms with Gasteiger partial charge < -0.3 is 5.32 Å². The fraction of sp³-hybridized carbons (Fsp3) is 0.533. The largest absolute Gasteiger partial charge is 0.310 e. The molecule has 108 valence electrons. The van der Waals surface area contributed by atoms with E-state index in [0.29, 0.717) is 6.04 Å². The molecule has 1 aromatic heterocycles. The monoisotopic (exact) mass is 273 g/mol. The first-order valence-corrected chi connectivity index (χ1v) is 7.32. The van der Waals surface area contributed by atoms with Crippen LogP contribution in [0.2, 0.25) is 0 Å². The highest BCUT2D eigenvalue weighted by Gasteiger charge is 2.12. The quantitative estimate of drug-likeness (QED) is 0.750. The van der Waals surface area contributed by atoms with Gasteiger partial charge in [0.25, 0.3) is 0 Å². The highest BCUT2D eigenvalue weighted by Crippen LogP contribution is 2.14. The van der Waals surface area contributed by atoms with Gasteiger partial charge in [0.1, 0.15) is 0 Å². The molecule has 20 heavy (non-hydrogen) atoms. The Bertz CT molecular complexity index is 494. The molecule has 1 heterocycles. The Labute approximate surface area is 120 Å². The molecule has 0 aliphatic rings. The van der Waals surface area contributed by atoms with Gasteiger partial charge in [-0.3, -0.25) is 0 Å². The molecule has 1 aromatic carbocycles. The van der Waals surface area contributed by atoms with Crippen LogP contribution in [-0.2, 0) is 13.0 Å². The van der Waals surface area contributed by atoms with Crippen molar-refractivity contribution in [3.8, 4) is 0 Å². The van der Waals surface area contributed by atoms with Crippen LogP contribution in [0.3, 0.4) is 0 Å². The van der Waals surface area contributed by atoms with E-state index in [1.807, 2.05) is 10.7 Å². The van der Waals surface area contributed by atoms with Gasteiger partial charge in [0.2, 0.25) is 0 Å². The second-order valence-electron chi connectivity index (χ2n) is 5.09. The molecule has 1 atom stereocenters. The van der Waals surface area contributed by atoms with Crippen LogP contribution >= 0.6 is 0 Å². The van der Waals surface area contributed by atoms with E-state index in [0.717, 1.165) is 38.2 Å². The summed E-state index contributed by atoms with van der Waals surface area (Å²) in [5, 5.41) is 15.4. The van der Waals surface area contributed by atoms with E-state index in [9.17, 15) is 0 Å². The normalized spacial score (nSPS) is 12.5. The maximum Gasteiger partial charge on any atom is 0.165 e. The van der Waals surface area contributed by atoms with Crippen LogP contribution in [0.15, 0.2) is 30.3 Å². The van der Waals surface area contributed by atoms with Gasteiger partial charge in [-0.15, -0.1) is 5.10 Å². The molecule has 2 aromatic rings. The number of hydrogen-bond donors (Lipinski definition) is 1. The molecule has 0 aliphatic carbocycles. The predicted molar refractivity (Wildman–Crippen MR) is 79.3 cm³/mol. The van der Waals surface area contributed by atoms with Crippen molar-refractivity contribution in [2.75, 3.05) is 6.54 Å². The highest BCUT2D eigenvalue weighted by molar-refractivity contribution is 5.14. The topological polar surface area (TPSA) is 55.6 Å². The summed E-state index contributed by atoms with van der Waals surface area (Å²) in [6.45, 7) is 6.04. The molecule has 2 rings (SSSR count). The number of benzene rings is 1. The highest BCUT2D eigenvalue weighted by atomic mass is 15.6. The zero-order valence-electron chi connectivity index (χ0n) is 12.3. The van der Waals surface area contributed by atoms with Crippen molar-refractivity contribution >= 4 is 0 Å². The van der Waals surface area contributed by atoms with E-state index in [4.69, 9.17) is 0 Å². The summed E-state index contributed by atoms with van der Waals surface area (Å²) in [6, 6.07) is 10.8. The SMILES string of the molecule is CCCNCc1nnnn1C(C)CCc1ccccc1. The predicted octanol–water partition coefficient (Wildman–Crippen LogP) is 2.37. The fourth-order valence-corrected chi connectivity index (χ4v) is 2.19. The summed E-state index contributed by atoms with van der Waals surface area (Å²) in [5.41, 5.74) is 1.36. The summed E-state index contributed by atoms with van der Waals surface area (Å²) in [6.07, 6.45) is 3.20. The van der Waals surface area contributed by atoms with Crippen molar-refractivity contribution in [1.29, 1.82) is 0 Å². The van der Waals surface area contributed by atoms with E-state index < -0.39 is 0 Å². The lowest BCUT2D eigenvalue weighted by Gasteiger charge is -2.13. The van der Waals surface area contributed by atoms with Gasteiger partial charge in [0.15, 0.2) is 5.82 Å². The Balaban J connectivity index is 1.89. The van der Waals surface area contributed by atoms with Crippen LogP contribution in [0.4, 0.5) is 0 Å². The van der Waals surface area contributed by atoms with E-state index in [1.165, 1.54) is 5.56 Å². The Kier molecular flexibility index (Phi) is 5.68. The van der Waals surface area contributed by atoms with Gasteiger partial charge in [-0.1, -0.05) is 37.3 Å². The fourth-order valence-electron chi connectivity index (χ4n) is 2.19. The molecular formula is C15H23N5. The number of rotatable bonds is 8. The van der Waals surface area contributed by atoms with Crippen LogP contribution < -0.4 is 5.32 Å². The van der Waals surface area contributed by atoms with Gasteiger partial charge in [0.05, 0.1) is 12.6 Å². The molecule has 0 spiro atoms. The van der Waals surface area contributed by atoms with Gasteiger partial charge in [-0.25, -0.2) is 4.68 Å². The number of nitrogens with zero attached hydrogens (tertiary/aromatic N) is 4. The Hall–Kier alpha value is -1.75. The van der Waals surface area contributed by atoms with Crippen LogP contribution in [-0.4, -0.2) is 26.8 Å². The Morgan fingerprint density at radius 1 is 1.25 bits per heavy atom. The molecule has 1 N–H and O–H groups in total. The third-order valence-electron chi connectivity index (χ3n) is 3.38. The van der Waals surface area contributed by atoms with Crippen molar-refractivity contribution in [2.24, 2.45) is 0 Å². The number of tetrazole rings is 1. The molecule has 0 aliphatic heterocycles. The average Bonchev–Trinajstić information content (AvgIpc) is 2.95. The summed E-state index contributed by atoms with van der Waals surface area (Å²) in [4.78, 5) is 0. The molecule has 0 amide bonds. The van der Waals surface area contributed by atoms with Crippen LogP contribution in [0.5, 0.6) is 0 Å². The number of hydrogen-bond acceptors (Lipinski definition) is 4. The van der Waals surface area contributed by atoms with Crippen LogP contribution in [0, 0.1) is 0 Å². The molecule has 5 heteroatoms. The summed E-state index contributed by atoms with van der Waals surface area (Å²) >= 11 is 0. The molecule has 0 fully saturated rings.